The molecule has 1 aliphatic rings. The number of rotatable bonds is 6. The minimum atomic E-state index is -4.26. The van der Waals surface area contributed by atoms with E-state index in [9.17, 15) is 21.6 Å². The molecule has 1 N–H and O–H groups in total. The molecular weight excluding hydrogens is 255 g/mol. The van der Waals surface area contributed by atoms with Crippen LogP contribution in [0.2, 0.25) is 0 Å². The Hall–Kier alpha value is -0.300. The van der Waals surface area contributed by atoms with E-state index >= 15 is 0 Å². The second-order valence-corrected chi connectivity index (χ2v) is 6.76. The van der Waals surface area contributed by atoms with E-state index < -0.39 is 22.4 Å². The molecule has 1 fully saturated rings. The van der Waals surface area contributed by atoms with Crippen molar-refractivity contribution in [2.24, 2.45) is 0 Å². The second-order valence-electron chi connectivity index (χ2n) is 4.45. The van der Waals surface area contributed by atoms with Gasteiger partial charge in [-0.15, -0.1) is 0 Å². The smallest absolute Gasteiger partial charge is 0.314 e. The van der Waals surface area contributed by atoms with Gasteiger partial charge >= 0.3 is 6.18 Å². The van der Waals surface area contributed by atoms with Gasteiger partial charge in [0, 0.05) is 12.5 Å². The van der Waals surface area contributed by atoms with E-state index in [1.54, 1.807) is 0 Å². The van der Waals surface area contributed by atoms with Gasteiger partial charge in [-0.1, -0.05) is 0 Å². The third kappa shape index (κ3) is 6.88. The lowest BCUT2D eigenvalue weighted by Gasteiger charge is -2.10. The van der Waals surface area contributed by atoms with Crippen molar-refractivity contribution < 1.29 is 21.6 Å². The van der Waals surface area contributed by atoms with Crippen molar-refractivity contribution in [3.63, 3.8) is 0 Å². The summed E-state index contributed by atoms with van der Waals surface area (Å²) >= 11 is 0. The monoisotopic (exact) mass is 273 g/mol. The summed E-state index contributed by atoms with van der Waals surface area (Å²) < 4.78 is 58.5. The summed E-state index contributed by atoms with van der Waals surface area (Å²) in [4.78, 5) is 0. The molecule has 1 atom stereocenters. The minimum Gasteiger partial charge on any atom is -0.314 e. The molecule has 3 nitrogen and oxygen atoms in total. The van der Waals surface area contributed by atoms with Crippen LogP contribution >= 0.6 is 0 Å². The Morgan fingerprint density at radius 1 is 1.24 bits per heavy atom. The molecule has 1 saturated heterocycles. The highest BCUT2D eigenvalue weighted by Gasteiger charge is 2.27. The molecule has 0 aromatic rings. The van der Waals surface area contributed by atoms with Gasteiger partial charge in [0.2, 0.25) is 0 Å². The average molecular weight is 273 g/mol. The first kappa shape index (κ1) is 14.8. The molecule has 102 valence electrons. The molecule has 0 amide bonds. The summed E-state index contributed by atoms with van der Waals surface area (Å²) in [6, 6.07) is 0.215. The van der Waals surface area contributed by atoms with Crippen LogP contribution < -0.4 is 5.32 Å². The van der Waals surface area contributed by atoms with Crippen molar-refractivity contribution >= 4 is 9.84 Å². The molecule has 1 rings (SSSR count). The quantitative estimate of drug-likeness (QED) is 0.804. The fourth-order valence-corrected chi connectivity index (χ4v) is 3.35. The molecule has 0 spiro atoms. The van der Waals surface area contributed by atoms with Crippen molar-refractivity contribution in [1.29, 1.82) is 0 Å². The van der Waals surface area contributed by atoms with E-state index in [1.807, 2.05) is 0 Å². The summed E-state index contributed by atoms with van der Waals surface area (Å²) in [7, 11) is -3.33. The highest BCUT2D eigenvalue weighted by Crippen LogP contribution is 2.21. The van der Waals surface area contributed by atoms with Gasteiger partial charge in [0.25, 0.3) is 0 Å². The van der Waals surface area contributed by atoms with Crippen LogP contribution in [0.5, 0.6) is 0 Å². The van der Waals surface area contributed by atoms with Gasteiger partial charge in [-0.25, -0.2) is 8.42 Å². The van der Waals surface area contributed by atoms with E-state index in [0.717, 1.165) is 19.4 Å². The van der Waals surface area contributed by atoms with Crippen LogP contribution in [-0.4, -0.2) is 38.7 Å². The van der Waals surface area contributed by atoms with Crippen LogP contribution in [0.4, 0.5) is 13.2 Å². The molecule has 0 aromatic carbocycles. The summed E-state index contributed by atoms with van der Waals surface area (Å²) in [5.41, 5.74) is 0. The van der Waals surface area contributed by atoms with Crippen molar-refractivity contribution in [3.8, 4) is 0 Å². The van der Waals surface area contributed by atoms with Crippen LogP contribution in [0.3, 0.4) is 0 Å². The van der Waals surface area contributed by atoms with Crippen LogP contribution in [0, 0.1) is 0 Å². The fraction of sp³-hybridized carbons (Fsp3) is 1.00. The Morgan fingerprint density at radius 3 is 2.47 bits per heavy atom. The largest absolute Gasteiger partial charge is 0.389 e. The van der Waals surface area contributed by atoms with Crippen molar-refractivity contribution in [2.75, 3.05) is 18.1 Å². The van der Waals surface area contributed by atoms with Gasteiger partial charge in [-0.2, -0.15) is 13.2 Å². The van der Waals surface area contributed by atoms with Gasteiger partial charge < -0.3 is 5.32 Å². The van der Waals surface area contributed by atoms with E-state index in [4.69, 9.17) is 0 Å². The molecule has 1 unspecified atom stereocenters. The normalized spacial score (nSPS) is 21.9. The van der Waals surface area contributed by atoms with Crippen LogP contribution in [0.15, 0.2) is 0 Å². The molecule has 17 heavy (non-hydrogen) atoms. The van der Waals surface area contributed by atoms with Crippen molar-refractivity contribution in [3.05, 3.63) is 0 Å². The zero-order chi connectivity index (χ0) is 12.9. The van der Waals surface area contributed by atoms with Crippen LogP contribution in [0.25, 0.3) is 0 Å². The lowest BCUT2D eigenvalue weighted by Crippen LogP contribution is -2.25. The molecule has 0 bridgehead atoms. The Balaban J connectivity index is 2.21. The van der Waals surface area contributed by atoms with Gasteiger partial charge in [-0.3, -0.25) is 0 Å². The second kappa shape index (κ2) is 6.04. The lowest BCUT2D eigenvalue weighted by molar-refractivity contribution is -0.134. The average Bonchev–Trinajstić information content (AvgIpc) is 2.64. The van der Waals surface area contributed by atoms with Crippen molar-refractivity contribution in [2.45, 2.75) is 44.3 Å². The zero-order valence-corrected chi connectivity index (χ0v) is 10.4. The van der Waals surface area contributed by atoms with E-state index in [1.165, 1.54) is 0 Å². The molecule has 7 heteroatoms. The van der Waals surface area contributed by atoms with Gasteiger partial charge in [0.05, 0.1) is 11.5 Å². The van der Waals surface area contributed by atoms with Gasteiger partial charge in [0.1, 0.15) is 9.84 Å². The molecule has 0 aromatic heterocycles. The number of hydrogen-bond donors (Lipinski definition) is 1. The molecule has 0 radical (unpaired) electrons. The first-order valence-corrected chi connectivity index (χ1v) is 7.61. The Kier molecular flexibility index (Phi) is 5.24. The number of alkyl halides is 3. The maximum Gasteiger partial charge on any atom is 0.389 e. The zero-order valence-electron chi connectivity index (χ0n) is 9.59. The third-order valence-corrected chi connectivity index (χ3v) is 4.62. The van der Waals surface area contributed by atoms with E-state index in [0.29, 0.717) is 6.42 Å². The first-order valence-electron chi connectivity index (χ1n) is 5.79. The summed E-state index contributed by atoms with van der Waals surface area (Å²) in [5.74, 6) is -0.373. The van der Waals surface area contributed by atoms with Crippen molar-refractivity contribution in [1.82, 2.24) is 5.32 Å². The predicted molar refractivity (Wildman–Crippen MR) is 59.6 cm³/mol. The molecule has 0 aliphatic carbocycles. The number of sulfone groups is 1. The highest BCUT2D eigenvalue weighted by atomic mass is 32.2. The van der Waals surface area contributed by atoms with Gasteiger partial charge in [-0.05, 0) is 32.2 Å². The van der Waals surface area contributed by atoms with Crippen LogP contribution in [0.1, 0.15) is 32.1 Å². The summed E-state index contributed by atoms with van der Waals surface area (Å²) in [6.07, 6.45) is -3.11. The van der Waals surface area contributed by atoms with E-state index in [2.05, 4.69) is 5.32 Å². The maximum atomic E-state index is 11.9. The number of halogens is 3. The van der Waals surface area contributed by atoms with E-state index in [-0.39, 0.29) is 24.0 Å². The maximum absolute atomic E-state index is 11.9. The van der Waals surface area contributed by atoms with Crippen LogP contribution in [-0.2, 0) is 9.84 Å². The molecular formula is C10H18F3NO2S. The SMILES string of the molecule is O=S(=O)(CCCC(F)(F)F)CCC1CCCN1. The summed E-state index contributed by atoms with van der Waals surface area (Å²) in [6.45, 7) is 0.902. The predicted octanol–water partition coefficient (Wildman–Crippen LogP) is 1.89. The molecule has 1 aliphatic heterocycles. The Labute approximate surface area is 99.7 Å². The Bertz CT molecular complexity index is 321. The molecule has 1 heterocycles. The topological polar surface area (TPSA) is 46.2 Å². The van der Waals surface area contributed by atoms with Gasteiger partial charge in [0.15, 0.2) is 0 Å². The number of hydrogen-bond acceptors (Lipinski definition) is 3. The summed E-state index contributed by atoms with van der Waals surface area (Å²) in [5, 5.41) is 3.17. The standard InChI is InChI=1S/C10H18F3NO2S/c11-10(12,13)5-2-7-17(15,16)8-4-9-3-1-6-14-9/h9,14H,1-8H2. The Morgan fingerprint density at radius 2 is 1.94 bits per heavy atom. The highest BCUT2D eigenvalue weighted by molar-refractivity contribution is 7.91. The first-order chi connectivity index (χ1) is 7.79. The fourth-order valence-electron chi connectivity index (χ4n) is 1.92. The number of nitrogens with one attached hydrogen (secondary N) is 1. The third-order valence-electron chi connectivity index (χ3n) is 2.86. The lowest BCUT2D eigenvalue weighted by atomic mass is 10.2. The molecule has 0 saturated carbocycles. The minimum absolute atomic E-state index is 0.0114.